The first-order chi connectivity index (χ1) is 10.1. The molecule has 0 aliphatic heterocycles. The van der Waals surface area contributed by atoms with E-state index >= 15 is 0 Å². The Labute approximate surface area is 125 Å². The molecule has 0 saturated heterocycles. The van der Waals surface area contributed by atoms with Gasteiger partial charge in [-0.25, -0.2) is 0 Å². The molecule has 1 heterocycles. The number of carbonyl (C=O) groups excluding carboxylic acids is 1. The maximum atomic E-state index is 12.4. The van der Waals surface area contributed by atoms with Crippen LogP contribution in [0.1, 0.15) is 29.4 Å². The van der Waals surface area contributed by atoms with Crippen LogP contribution in [0.5, 0.6) is 0 Å². The van der Waals surface area contributed by atoms with Crippen molar-refractivity contribution in [3.63, 3.8) is 0 Å². The highest BCUT2D eigenvalue weighted by Crippen LogP contribution is 2.16. The summed E-state index contributed by atoms with van der Waals surface area (Å²) >= 11 is 0. The minimum atomic E-state index is -0.171. The van der Waals surface area contributed by atoms with Gasteiger partial charge in [0.15, 0.2) is 5.69 Å². The van der Waals surface area contributed by atoms with E-state index in [1.807, 2.05) is 31.2 Å². The van der Waals surface area contributed by atoms with Crippen LogP contribution in [0.2, 0.25) is 0 Å². The highest BCUT2D eigenvalue weighted by Gasteiger charge is 2.15. The van der Waals surface area contributed by atoms with Crippen LogP contribution in [0.15, 0.2) is 36.4 Å². The number of hydrogen-bond acceptors (Lipinski definition) is 4. The van der Waals surface area contributed by atoms with E-state index in [2.05, 4.69) is 22.4 Å². The van der Waals surface area contributed by atoms with Gasteiger partial charge in [0.1, 0.15) is 5.82 Å². The van der Waals surface area contributed by atoms with Crippen molar-refractivity contribution in [2.45, 2.75) is 20.3 Å². The summed E-state index contributed by atoms with van der Waals surface area (Å²) in [6, 6.07) is 11.3. The highest BCUT2D eigenvalue weighted by molar-refractivity contribution is 6.04. The highest BCUT2D eigenvalue weighted by atomic mass is 16.2. The summed E-state index contributed by atoms with van der Waals surface area (Å²) in [7, 11) is 1.74. The average Bonchev–Trinajstić information content (AvgIpc) is 2.52. The fourth-order valence-corrected chi connectivity index (χ4v) is 1.92. The minimum absolute atomic E-state index is 0.171. The topological polar surface area (TPSA) is 58.1 Å². The van der Waals surface area contributed by atoms with Gasteiger partial charge < -0.3 is 10.2 Å². The molecular formula is C16H20N4O. The monoisotopic (exact) mass is 284 g/mol. The molecule has 0 spiro atoms. The van der Waals surface area contributed by atoms with Gasteiger partial charge in [-0.05, 0) is 43.2 Å². The van der Waals surface area contributed by atoms with Gasteiger partial charge in [0.2, 0.25) is 0 Å². The minimum Gasteiger partial charge on any atom is -0.369 e. The number of anilines is 2. The first-order valence-corrected chi connectivity index (χ1v) is 7.04. The van der Waals surface area contributed by atoms with E-state index < -0.39 is 0 Å². The van der Waals surface area contributed by atoms with Crippen molar-refractivity contribution >= 4 is 17.4 Å². The zero-order valence-corrected chi connectivity index (χ0v) is 12.6. The summed E-state index contributed by atoms with van der Waals surface area (Å²) in [6.45, 7) is 4.91. The second-order valence-corrected chi connectivity index (χ2v) is 4.93. The van der Waals surface area contributed by atoms with E-state index in [1.54, 1.807) is 24.1 Å². The van der Waals surface area contributed by atoms with Gasteiger partial charge in [0.05, 0.1) is 0 Å². The Morgan fingerprint density at radius 3 is 2.67 bits per heavy atom. The van der Waals surface area contributed by atoms with Gasteiger partial charge in [-0.2, -0.15) is 0 Å². The maximum absolute atomic E-state index is 12.4. The van der Waals surface area contributed by atoms with Crippen molar-refractivity contribution in [3.05, 3.63) is 47.7 Å². The van der Waals surface area contributed by atoms with Crippen LogP contribution in [-0.4, -0.2) is 29.7 Å². The smallest absolute Gasteiger partial charge is 0.278 e. The van der Waals surface area contributed by atoms with E-state index in [0.29, 0.717) is 11.5 Å². The lowest BCUT2D eigenvalue weighted by Crippen LogP contribution is -2.27. The van der Waals surface area contributed by atoms with Crippen molar-refractivity contribution in [1.82, 2.24) is 10.2 Å². The lowest BCUT2D eigenvalue weighted by Gasteiger charge is -2.17. The van der Waals surface area contributed by atoms with Gasteiger partial charge in [0, 0.05) is 19.3 Å². The lowest BCUT2D eigenvalue weighted by atomic mass is 10.2. The van der Waals surface area contributed by atoms with Crippen LogP contribution in [0.4, 0.5) is 11.5 Å². The molecule has 0 aliphatic rings. The van der Waals surface area contributed by atoms with Gasteiger partial charge in [-0.1, -0.05) is 19.1 Å². The van der Waals surface area contributed by atoms with Gasteiger partial charge >= 0.3 is 0 Å². The number of hydrogen-bond donors (Lipinski definition) is 1. The summed E-state index contributed by atoms with van der Waals surface area (Å²) in [5, 5.41) is 11.1. The molecule has 0 unspecified atom stereocenters. The van der Waals surface area contributed by atoms with E-state index in [4.69, 9.17) is 0 Å². The molecule has 0 radical (unpaired) electrons. The largest absolute Gasteiger partial charge is 0.369 e. The molecule has 110 valence electrons. The predicted octanol–water partition coefficient (Wildman–Crippen LogP) is 2.88. The van der Waals surface area contributed by atoms with Crippen LogP contribution in [0.25, 0.3) is 0 Å². The molecule has 1 aromatic carbocycles. The van der Waals surface area contributed by atoms with Crippen molar-refractivity contribution in [2.24, 2.45) is 0 Å². The maximum Gasteiger partial charge on any atom is 0.278 e. The Bertz CT molecular complexity index is 610. The number of nitrogens with zero attached hydrogens (tertiary/aromatic N) is 3. The van der Waals surface area contributed by atoms with E-state index in [-0.39, 0.29) is 5.91 Å². The first kappa shape index (κ1) is 15.0. The number of rotatable bonds is 5. The Kier molecular flexibility index (Phi) is 4.87. The summed E-state index contributed by atoms with van der Waals surface area (Å²) in [6.07, 6.45) is 1.01. The van der Waals surface area contributed by atoms with Crippen molar-refractivity contribution < 1.29 is 4.79 Å². The van der Waals surface area contributed by atoms with Crippen molar-refractivity contribution in [1.29, 1.82) is 0 Å². The van der Waals surface area contributed by atoms with Crippen LogP contribution in [0, 0.1) is 6.92 Å². The molecule has 2 aromatic rings. The second-order valence-electron chi connectivity index (χ2n) is 4.93. The van der Waals surface area contributed by atoms with Crippen LogP contribution >= 0.6 is 0 Å². The van der Waals surface area contributed by atoms with E-state index in [1.165, 1.54) is 0 Å². The number of benzene rings is 1. The summed E-state index contributed by atoms with van der Waals surface area (Å²) in [4.78, 5) is 14.0. The predicted molar refractivity (Wildman–Crippen MR) is 84.7 cm³/mol. The summed E-state index contributed by atoms with van der Waals surface area (Å²) < 4.78 is 0. The molecule has 5 heteroatoms. The Morgan fingerprint density at radius 2 is 2.05 bits per heavy atom. The summed E-state index contributed by atoms with van der Waals surface area (Å²) in [5.41, 5.74) is 2.29. The van der Waals surface area contributed by atoms with Crippen LogP contribution in [-0.2, 0) is 0 Å². The normalized spacial score (nSPS) is 10.2. The SMILES string of the molecule is CCCNc1ccc(C(=O)N(C)c2cccc(C)c2)nn1. The second kappa shape index (κ2) is 6.83. The molecule has 1 amide bonds. The Morgan fingerprint density at radius 1 is 1.24 bits per heavy atom. The molecule has 5 nitrogen and oxygen atoms in total. The zero-order chi connectivity index (χ0) is 15.2. The molecule has 21 heavy (non-hydrogen) atoms. The number of aryl methyl sites for hydroxylation is 1. The Hall–Kier alpha value is -2.43. The quantitative estimate of drug-likeness (QED) is 0.917. The molecule has 0 fully saturated rings. The van der Waals surface area contributed by atoms with E-state index in [0.717, 1.165) is 24.2 Å². The van der Waals surface area contributed by atoms with Crippen molar-refractivity contribution in [3.8, 4) is 0 Å². The molecule has 0 aliphatic carbocycles. The van der Waals surface area contributed by atoms with Crippen LogP contribution < -0.4 is 10.2 Å². The number of aromatic nitrogens is 2. The first-order valence-electron chi connectivity index (χ1n) is 7.04. The third-order valence-electron chi connectivity index (χ3n) is 3.13. The van der Waals surface area contributed by atoms with Crippen molar-refractivity contribution in [2.75, 3.05) is 23.8 Å². The summed E-state index contributed by atoms with van der Waals surface area (Å²) in [5.74, 6) is 0.516. The van der Waals surface area contributed by atoms with E-state index in [9.17, 15) is 4.79 Å². The molecule has 1 aromatic heterocycles. The molecule has 0 atom stereocenters. The number of nitrogens with one attached hydrogen (secondary N) is 1. The number of carbonyl (C=O) groups is 1. The fraction of sp³-hybridized carbons (Fsp3) is 0.312. The Balaban J connectivity index is 2.12. The van der Waals surface area contributed by atoms with Crippen LogP contribution in [0.3, 0.4) is 0 Å². The lowest BCUT2D eigenvalue weighted by molar-refractivity contribution is 0.0987. The standard InChI is InChI=1S/C16H20N4O/c1-4-10-17-15-9-8-14(18-19-15)16(21)20(3)13-7-5-6-12(2)11-13/h5-9,11H,4,10H2,1-3H3,(H,17,19). The molecule has 2 rings (SSSR count). The van der Waals surface area contributed by atoms with Gasteiger partial charge in [0.25, 0.3) is 5.91 Å². The fourth-order valence-electron chi connectivity index (χ4n) is 1.92. The van der Waals surface area contributed by atoms with Gasteiger partial charge in [-0.15, -0.1) is 10.2 Å². The third-order valence-corrected chi connectivity index (χ3v) is 3.13. The zero-order valence-electron chi connectivity index (χ0n) is 12.6. The molecule has 1 N–H and O–H groups in total. The molecular weight excluding hydrogens is 264 g/mol. The third kappa shape index (κ3) is 3.78. The molecule has 0 bridgehead atoms. The molecule has 0 saturated carbocycles. The average molecular weight is 284 g/mol. The number of amides is 1. The van der Waals surface area contributed by atoms with Gasteiger partial charge in [-0.3, -0.25) is 4.79 Å².